The second-order valence-electron chi connectivity index (χ2n) is 5.28. The number of rotatable bonds is 5. The van der Waals surface area contributed by atoms with E-state index in [1.54, 1.807) is 0 Å². The van der Waals surface area contributed by atoms with E-state index in [-0.39, 0.29) is 16.4 Å². The zero-order valence-corrected chi connectivity index (χ0v) is 12.4. The predicted octanol–water partition coefficient (Wildman–Crippen LogP) is 1.76. The van der Waals surface area contributed by atoms with Crippen molar-refractivity contribution < 1.29 is 9.53 Å². The summed E-state index contributed by atoms with van der Waals surface area (Å²) in [4.78, 5) is 12.9. The lowest BCUT2D eigenvalue weighted by atomic mass is 9.78. The molecular weight excluding hydrogens is 248 g/mol. The molecule has 1 aliphatic heterocycles. The lowest BCUT2D eigenvalue weighted by molar-refractivity contribution is -0.133. The van der Waals surface area contributed by atoms with E-state index in [0.717, 1.165) is 12.8 Å². The summed E-state index contributed by atoms with van der Waals surface area (Å²) < 4.78 is 5.31. The van der Waals surface area contributed by atoms with Gasteiger partial charge in [-0.25, -0.2) is 0 Å². The van der Waals surface area contributed by atoms with E-state index < -0.39 is 5.41 Å². The Bertz CT molecular complexity index is 321. The van der Waals surface area contributed by atoms with Gasteiger partial charge in [-0.2, -0.15) is 0 Å². The van der Waals surface area contributed by atoms with Crippen LogP contribution in [0.1, 0.15) is 46.5 Å². The molecule has 0 saturated carbocycles. The first-order chi connectivity index (χ1) is 8.40. The van der Waals surface area contributed by atoms with Crippen LogP contribution in [0.2, 0.25) is 0 Å². The van der Waals surface area contributed by atoms with Gasteiger partial charge in [0.05, 0.1) is 4.99 Å². The molecule has 0 unspecified atom stereocenters. The molecule has 0 aromatic carbocycles. The van der Waals surface area contributed by atoms with Gasteiger partial charge < -0.3 is 15.8 Å². The molecule has 18 heavy (non-hydrogen) atoms. The van der Waals surface area contributed by atoms with E-state index in [2.05, 4.69) is 26.1 Å². The number of thiocarbonyl (C=S) groups is 1. The van der Waals surface area contributed by atoms with Crippen molar-refractivity contribution in [2.24, 2.45) is 11.1 Å². The average molecular weight is 272 g/mol. The van der Waals surface area contributed by atoms with Crippen LogP contribution in [0.5, 0.6) is 0 Å². The van der Waals surface area contributed by atoms with Gasteiger partial charge in [-0.3, -0.25) is 4.79 Å². The van der Waals surface area contributed by atoms with E-state index in [4.69, 9.17) is 22.7 Å². The molecule has 1 saturated heterocycles. The lowest BCUT2D eigenvalue weighted by Gasteiger charge is -2.38. The molecule has 1 aliphatic rings. The Labute approximate surface area is 115 Å². The smallest absolute Gasteiger partial charge is 0.233 e. The zero-order chi connectivity index (χ0) is 13.8. The van der Waals surface area contributed by atoms with Gasteiger partial charge in [-0.05, 0) is 32.6 Å². The topological polar surface area (TPSA) is 64.4 Å². The molecule has 0 spiro atoms. The van der Waals surface area contributed by atoms with Crippen molar-refractivity contribution in [2.75, 3.05) is 13.2 Å². The van der Waals surface area contributed by atoms with Gasteiger partial charge in [0.2, 0.25) is 5.91 Å². The second-order valence-corrected chi connectivity index (χ2v) is 5.72. The van der Waals surface area contributed by atoms with Gasteiger partial charge in [0.25, 0.3) is 0 Å². The van der Waals surface area contributed by atoms with Gasteiger partial charge in [-0.15, -0.1) is 0 Å². The fraction of sp³-hybridized carbons (Fsp3) is 0.846. The van der Waals surface area contributed by atoms with Crippen LogP contribution >= 0.6 is 12.2 Å². The molecule has 1 rings (SSSR count). The molecule has 0 radical (unpaired) electrons. The third kappa shape index (κ3) is 3.01. The highest BCUT2D eigenvalue weighted by molar-refractivity contribution is 7.80. The highest BCUT2D eigenvalue weighted by Gasteiger charge is 2.44. The SMILES string of the molecule is CCC(C)(CC)NC(=O)C1(C(N)=S)CCOCC1. The minimum absolute atomic E-state index is 0.0375. The number of nitrogens with two attached hydrogens (primary N) is 1. The van der Waals surface area contributed by atoms with Crippen LogP contribution in [0.15, 0.2) is 0 Å². The van der Waals surface area contributed by atoms with Crippen LogP contribution < -0.4 is 11.1 Å². The number of carbonyl (C=O) groups is 1. The molecule has 4 nitrogen and oxygen atoms in total. The number of nitrogens with one attached hydrogen (secondary N) is 1. The molecule has 104 valence electrons. The maximum Gasteiger partial charge on any atom is 0.233 e. The summed E-state index contributed by atoms with van der Waals surface area (Å²) in [5.41, 5.74) is 4.91. The summed E-state index contributed by atoms with van der Waals surface area (Å²) in [7, 11) is 0. The lowest BCUT2D eigenvalue weighted by Crippen LogP contribution is -2.57. The van der Waals surface area contributed by atoms with Crippen LogP contribution in [-0.4, -0.2) is 29.6 Å². The Hall–Kier alpha value is -0.680. The monoisotopic (exact) mass is 272 g/mol. The van der Waals surface area contributed by atoms with Crippen LogP contribution in [0, 0.1) is 5.41 Å². The molecule has 5 heteroatoms. The van der Waals surface area contributed by atoms with E-state index in [0.29, 0.717) is 26.1 Å². The highest BCUT2D eigenvalue weighted by atomic mass is 32.1. The van der Waals surface area contributed by atoms with Crippen LogP contribution in [0.25, 0.3) is 0 Å². The molecule has 1 fully saturated rings. The minimum Gasteiger partial charge on any atom is -0.392 e. The number of amides is 1. The largest absolute Gasteiger partial charge is 0.392 e. The predicted molar refractivity (Wildman–Crippen MR) is 76.4 cm³/mol. The van der Waals surface area contributed by atoms with Gasteiger partial charge in [0.1, 0.15) is 5.41 Å². The van der Waals surface area contributed by atoms with Gasteiger partial charge in [-0.1, -0.05) is 26.1 Å². The summed E-state index contributed by atoms with van der Waals surface area (Å²) in [5, 5.41) is 3.12. The van der Waals surface area contributed by atoms with Crippen molar-refractivity contribution in [3.8, 4) is 0 Å². The van der Waals surface area contributed by atoms with Crippen molar-refractivity contribution in [3.05, 3.63) is 0 Å². The first kappa shape index (κ1) is 15.4. The average Bonchev–Trinajstić information content (AvgIpc) is 2.39. The maximum atomic E-state index is 12.6. The summed E-state index contributed by atoms with van der Waals surface area (Å²) in [5.74, 6) is -0.0375. The highest BCUT2D eigenvalue weighted by Crippen LogP contribution is 2.32. The zero-order valence-electron chi connectivity index (χ0n) is 11.5. The van der Waals surface area contributed by atoms with Crippen molar-refractivity contribution >= 4 is 23.1 Å². The van der Waals surface area contributed by atoms with Crippen LogP contribution in [-0.2, 0) is 9.53 Å². The third-order valence-corrected chi connectivity index (χ3v) is 4.62. The summed E-state index contributed by atoms with van der Waals surface area (Å²) >= 11 is 5.13. The summed E-state index contributed by atoms with van der Waals surface area (Å²) in [6, 6.07) is 0. The number of hydrogen-bond donors (Lipinski definition) is 2. The van der Waals surface area contributed by atoms with Crippen molar-refractivity contribution in [2.45, 2.75) is 52.0 Å². The van der Waals surface area contributed by atoms with E-state index >= 15 is 0 Å². The molecule has 0 aromatic heterocycles. The summed E-state index contributed by atoms with van der Waals surface area (Å²) in [6.45, 7) is 7.28. The molecule has 0 aliphatic carbocycles. The second kappa shape index (κ2) is 5.97. The van der Waals surface area contributed by atoms with Gasteiger partial charge in [0.15, 0.2) is 0 Å². The van der Waals surface area contributed by atoms with E-state index in [1.807, 2.05) is 0 Å². The fourth-order valence-electron chi connectivity index (χ4n) is 2.13. The number of ether oxygens (including phenoxy) is 1. The molecule has 0 bridgehead atoms. The third-order valence-electron chi connectivity index (χ3n) is 4.23. The Kier molecular flexibility index (Phi) is 5.10. The quantitative estimate of drug-likeness (QED) is 0.749. The fourth-order valence-corrected chi connectivity index (χ4v) is 2.42. The Balaban J connectivity index is 2.87. The Morgan fingerprint density at radius 3 is 2.28 bits per heavy atom. The minimum atomic E-state index is -0.723. The van der Waals surface area contributed by atoms with Crippen LogP contribution in [0.4, 0.5) is 0 Å². The normalized spacial score (nSPS) is 19.3. The van der Waals surface area contributed by atoms with Gasteiger partial charge in [0, 0.05) is 18.8 Å². The first-order valence-corrected chi connectivity index (χ1v) is 7.01. The molecular formula is C13H24N2O2S. The standard InChI is InChI=1S/C13H24N2O2S/c1-4-12(3,5-2)15-11(16)13(10(14)18)6-8-17-9-7-13/h4-9H2,1-3H3,(H2,14,18)(H,15,16). The number of hydrogen-bond acceptors (Lipinski definition) is 3. The summed E-state index contributed by atoms with van der Waals surface area (Å²) in [6.07, 6.45) is 2.94. The van der Waals surface area contributed by atoms with Crippen LogP contribution in [0.3, 0.4) is 0 Å². The van der Waals surface area contributed by atoms with E-state index in [9.17, 15) is 4.79 Å². The first-order valence-electron chi connectivity index (χ1n) is 6.60. The molecule has 1 heterocycles. The molecule has 1 amide bonds. The number of carbonyl (C=O) groups excluding carboxylic acids is 1. The Morgan fingerprint density at radius 1 is 1.39 bits per heavy atom. The Morgan fingerprint density at radius 2 is 1.89 bits per heavy atom. The van der Waals surface area contributed by atoms with Crippen molar-refractivity contribution in [1.29, 1.82) is 0 Å². The molecule has 0 aromatic rings. The maximum absolute atomic E-state index is 12.6. The molecule has 0 atom stereocenters. The van der Waals surface area contributed by atoms with Gasteiger partial charge >= 0.3 is 0 Å². The molecule has 3 N–H and O–H groups in total. The van der Waals surface area contributed by atoms with E-state index in [1.165, 1.54) is 0 Å². The van der Waals surface area contributed by atoms with Crippen molar-refractivity contribution in [3.63, 3.8) is 0 Å². The van der Waals surface area contributed by atoms with Crippen molar-refractivity contribution in [1.82, 2.24) is 5.32 Å².